The number of alkyl halides is 1. The van der Waals surface area contributed by atoms with Crippen molar-refractivity contribution in [3.8, 4) is 0 Å². The van der Waals surface area contributed by atoms with Gasteiger partial charge in [0, 0.05) is 10.1 Å². The van der Waals surface area contributed by atoms with E-state index in [1.165, 1.54) is 0 Å². The summed E-state index contributed by atoms with van der Waals surface area (Å²) in [6, 6.07) is 3.59. The van der Waals surface area contributed by atoms with Crippen LogP contribution in [-0.2, 0) is 0 Å². The molecule has 0 amide bonds. The van der Waals surface area contributed by atoms with E-state index >= 15 is 0 Å². The van der Waals surface area contributed by atoms with Gasteiger partial charge < -0.3 is 10.4 Å². The van der Waals surface area contributed by atoms with Crippen LogP contribution in [0.1, 0.15) is 0 Å². The summed E-state index contributed by atoms with van der Waals surface area (Å²) in [5, 5.41) is 13.3. The number of halogens is 4. The average Bonchev–Trinajstić information content (AvgIpc) is 2.15. The smallest absolute Gasteiger partial charge is 0.0847 e. The van der Waals surface area contributed by atoms with E-state index in [4.69, 9.17) is 34.8 Å². The number of anilines is 1. The van der Waals surface area contributed by atoms with Gasteiger partial charge in [0.05, 0.1) is 27.7 Å². The number of benzene rings is 1. The van der Waals surface area contributed by atoms with E-state index in [0.717, 1.165) is 3.57 Å². The summed E-state index contributed by atoms with van der Waals surface area (Å²) < 4.78 is 0.964. The Bertz CT molecular complexity index is 325. The molecular formula is C9H9Cl3INO. The maximum atomic E-state index is 9.27. The number of rotatable bonds is 4. The van der Waals surface area contributed by atoms with Crippen molar-refractivity contribution in [2.45, 2.75) is 6.10 Å². The van der Waals surface area contributed by atoms with Crippen LogP contribution in [0.15, 0.2) is 12.1 Å². The predicted molar refractivity (Wildman–Crippen MR) is 74.4 cm³/mol. The third-order valence-corrected chi connectivity index (χ3v) is 3.27. The lowest BCUT2D eigenvalue weighted by Gasteiger charge is -2.13. The van der Waals surface area contributed by atoms with Crippen LogP contribution in [0.3, 0.4) is 0 Å². The zero-order valence-electron chi connectivity index (χ0n) is 7.61. The molecule has 1 unspecified atom stereocenters. The van der Waals surface area contributed by atoms with Gasteiger partial charge in [-0.2, -0.15) is 0 Å². The van der Waals surface area contributed by atoms with Crippen LogP contribution >= 0.6 is 57.4 Å². The molecule has 0 saturated carbocycles. The molecule has 15 heavy (non-hydrogen) atoms. The van der Waals surface area contributed by atoms with Crippen molar-refractivity contribution in [1.29, 1.82) is 0 Å². The second-order valence-electron chi connectivity index (χ2n) is 2.93. The van der Waals surface area contributed by atoms with Crippen LogP contribution in [0.4, 0.5) is 5.69 Å². The fourth-order valence-electron chi connectivity index (χ4n) is 0.986. The van der Waals surface area contributed by atoms with Crippen LogP contribution in [-0.4, -0.2) is 23.6 Å². The number of hydrogen-bond donors (Lipinski definition) is 2. The van der Waals surface area contributed by atoms with E-state index in [-0.39, 0.29) is 5.88 Å². The molecule has 0 aliphatic carbocycles. The van der Waals surface area contributed by atoms with Crippen LogP contribution in [0, 0.1) is 3.57 Å². The van der Waals surface area contributed by atoms with Crippen molar-refractivity contribution in [2.75, 3.05) is 17.7 Å². The van der Waals surface area contributed by atoms with Crippen molar-refractivity contribution in [1.82, 2.24) is 0 Å². The number of aliphatic hydroxyl groups is 1. The molecule has 0 bridgehead atoms. The Morgan fingerprint density at radius 1 is 1.33 bits per heavy atom. The van der Waals surface area contributed by atoms with Crippen molar-refractivity contribution in [3.63, 3.8) is 0 Å². The Hall–Kier alpha value is 0.580. The Balaban J connectivity index is 2.77. The summed E-state index contributed by atoms with van der Waals surface area (Å²) in [7, 11) is 0. The van der Waals surface area contributed by atoms with Crippen LogP contribution in [0.2, 0.25) is 10.0 Å². The number of hydrogen-bond acceptors (Lipinski definition) is 2. The van der Waals surface area contributed by atoms with Crippen molar-refractivity contribution < 1.29 is 5.11 Å². The lowest BCUT2D eigenvalue weighted by molar-refractivity contribution is 0.211. The normalized spacial score (nSPS) is 12.6. The SMILES string of the molecule is OC(CCl)CNc1c(Cl)cc(I)cc1Cl. The second-order valence-corrected chi connectivity index (χ2v) is 5.30. The Morgan fingerprint density at radius 3 is 2.33 bits per heavy atom. The minimum absolute atomic E-state index is 0.173. The molecule has 84 valence electrons. The van der Waals surface area contributed by atoms with Gasteiger partial charge in [-0.15, -0.1) is 11.6 Å². The Morgan fingerprint density at radius 2 is 1.87 bits per heavy atom. The van der Waals surface area contributed by atoms with Crippen LogP contribution in [0.5, 0.6) is 0 Å². The lowest BCUT2D eigenvalue weighted by Crippen LogP contribution is -2.21. The zero-order chi connectivity index (χ0) is 11.4. The maximum Gasteiger partial charge on any atom is 0.0847 e. The van der Waals surface area contributed by atoms with Gasteiger partial charge in [-0.3, -0.25) is 0 Å². The van der Waals surface area contributed by atoms with Crippen molar-refractivity contribution in [3.05, 3.63) is 25.7 Å². The first-order valence-electron chi connectivity index (χ1n) is 4.17. The molecule has 0 fully saturated rings. The summed E-state index contributed by atoms with van der Waals surface area (Å²) in [4.78, 5) is 0. The fourth-order valence-corrected chi connectivity index (χ4v) is 2.71. The second kappa shape index (κ2) is 6.35. The largest absolute Gasteiger partial charge is 0.390 e. The first-order chi connectivity index (χ1) is 7.04. The lowest BCUT2D eigenvalue weighted by atomic mass is 10.3. The zero-order valence-corrected chi connectivity index (χ0v) is 12.0. The van der Waals surface area contributed by atoms with E-state index in [0.29, 0.717) is 22.3 Å². The van der Waals surface area contributed by atoms with E-state index < -0.39 is 6.10 Å². The minimum Gasteiger partial charge on any atom is -0.390 e. The molecule has 0 saturated heterocycles. The first kappa shape index (κ1) is 13.6. The molecule has 1 rings (SSSR count). The van der Waals surface area contributed by atoms with E-state index in [9.17, 15) is 5.11 Å². The van der Waals surface area contributed by atoms with Gasteiger partial charge in [-0.1, -0.05) is 23.2 Å². The highest BCUT2D eigenvalue weighted by Crippen LogP contribution is 2.32. The number of nitrogens with one attached hydrogen (secondary N) is 1. The molecule has 0 aromatic heterocycles. The molecule has 0 spiro atoms. The van der Waals surface area contributed by atoms with Crippen LogP contribution < -0.4 is 5.32 Å². The quantitative estimate of drug-likeness (QED) is 0.618. The summed E-state index contributed by atoms with van der Waals surface area (Å²) in [6.07, 6.45) is -0.613. The van der Waals surface area contributed by atoms with Gasteiger partial charge in [0.1, 0.15) is 0 Å². The highest BCUT2D eigenvalue weighted by atomic mass is 127. The predicted octanol–water partition coefficient (Wildman–Crippen LogP) is 3.61. The first-order valence-corrected chi connectivity index (χ1v) is 6.54. The van der Waals surface area contributed by atoms with Gasteiger partial charge >= 0.3 is 0 Å². The topological polar surface area (TPSA) is 32.3 Å². The molecule has 2 nitrogen and oxygen atoms in total. The average molecular weight is 380 g/mol. The highest BCUT2D eigenvalue weighted by molar-refractivity contribution is 14.1. The summed E-state index contributed by atoms with van der Waals surface area (Å²) in [6.45, 7) is 0.323. The van der Waals surface area contributed by atoms with Gasteiger partial charge in [0.25, 0.3) is 0 Å². The van der Waals surface area contributed by atoms with Gasteiger partial charge in [0.2, 0.25) is 0 Å². The standard InChI is InChI=1S/C9H9Cl3INO/c10-3-6(15)4-14-9-7(11)1-5(13)2-8(9)12/h1-2,6,14-15H,3-4H2. The van der Waals surface area contributed by atoms with Gasteiger partial charge in [-0.05, 0) is 34.7 Å². The fraction of sp³-hybridized carbons (Fsp3) is 0.333. The van der Waals surface area contributed by atoms with E-state index in [1.54, 1.807) is 12.1 Å². The molecule has 1 aromatic rings. The third kappa shape index (κ3) is 4.15. The molecule has 6 heteroatoms. The highest BCUT2D eigenvalue weighted by Gasteiger charge is 2.09. The van der Waals surface area contributed by atoms with Gasteiger partial charge in [-0.25, -0.2) is 0 Å². The molecule has 2 N–H and O–H groups in total. The van der Waals surface area contributed by atoms with E-state index in [1.807, 2.05) is 0 Å². The number of aliphatic hydroxyl groups excluding tert-OH is 1. The molecule has 0 radical (unpaired) electrons. The van der Waals surface area contributed by atoms with E-state index in [2.05, 4.69) is 27.9 Å². The summed E-state index contributed by atoms with van der Waals surface area (Å²) in [5.41, 5.74) is 0.628. The monoisotopic (exact) mass is 379 g/mol. The molecule has 1 atom stereocenters. The molecule has 1 aromatic carbocycles. The molecule has 0 aliphatic rings. The van der Waals surface area contributed by atoms with Crippen LogP contribution in [0.25, 0.3) is 0 Å². The van der Waals surface area contributed by atoms with Crippen molar-refractivity contribution in [2.24, 2.45) is 0 Å². The molecular weight excluding hydrogens is 371 g/mol. The summed E-state index contributed by atoms with van der Waals surface area (Å²) >= 11 is 19.6. The molecule has 0 aliphatic heterocycles. The molecule has 0 heterocycles. The summed E-state index contributed by atoms with van der Waals surface area (Å²) in [5.74, 6) is 0.173. The third-order valence-electron chi connectivity index (χ3n) is 1.70. The van der Waals surface area contributed by atoms with Crippen molar-refractivity contribution >= 4 is 63.1 Å². The maximum absolute atomic E-state index is 9.27. The van der Waals surface area contributed by atoms with Gasteiger partial charge in [0.15, 0.2) is 0 Å². The Kier molecular flexibility index (Phi) is 5.77. The minimum atomic E-state index is -0.613. The Labute approximate surface area is 117 Å².